The fraction of sp³-hybridized carbons (Fsp3) is 0.200. The van der Waals surface area contributed by atoms with Gasteiger partial charge in [0.05, 0.1) is 0 Å². The van der Waals surface area contributed by atoms with Crippen molar-refractivity contribution >= 4 is 17.5 Å². The van der Waals surface area contributed by atoms with Crippen LogP contribution in [-0.4, -0.2) is 25.0 Å². The second-order valence-electron chi connectivity index (χ2n) is 3.22. The van der Waals surface area contributed by atoms with Gasteiger partial charge < -0.3 is 20.5 Å². The van der Waals surface area contributed by atoms with Gasteiger partial charge in [0, 0.05) is 0 Å². The molecular formula is C10H10N2O4. The fourth-order valence-electron chi connectivity index (χ4n) is 1.34. The smallest absolute Gasteiger partial charge is 0.262 e. The maximum absolute atomic E-state index is 11.1. The van der Waals surface area contributed by atoms with Gasteiger partial charge in [-0.15, -0.1) is 0 Å². The van der Waals surface area contributed by atoms with Crippen molar-refractivity contribution in [2.24, 2.45) is 5.73 Å². The molecule has 0 saturated heterocycles. The summed E-state index contributed by atoms with van der Waals surface area (Å²) >= 11 is 0. The zero-order valence-electron chi connectivity index (χ0n) is 8.36. The number of amides is 2. The molecule has 2 rings (SSSR count). The fourth-order valence-corrected chi connectivity index (χ4v) is 1.34. The molecule has 1 aliphatic heterocycles. The minimum atomic E-state index is -0.583. The van der Waals surface area contributed by atoms with E-state index in [1.54, 1.807) is 18.2 Å². The molecule has 0 bridgehead atoms. The predicted molar refractivity (Wildman–Crippen MR) is 55.3 cm³/mol. The van der Waals surface area contributed by atoms with Gasteiger partial charge in [0.2, 0.25) is 0 Å². The molecule has 0 spiro atoms. The molecule has 84 valence electrons. The van der Waals surface area contributed by atoms with Gasteiger partial charge >= 0.3 is 0 Å². The summed E-state index contributed by atoms with van der Waals surface area (Å²) in [7, 11) is 0. The molecule has 0 radical (unpaired) electrons. The third kappa shape index (κ3) is 2.05. The van der Waals surface area contributed by atoms with Crippen molar-refractivity contribution in [2.45, 2.75) is 0 Å². The summed E-state index contributed by atoms with van der Waals surface area (Å²) in [4.78, 5) is 21.7. The molecule has 1 heterocycles. The lowest BCUT2D eigenvalue weighted by molar-refractivity contribution is -0.120. The van der Waals surface area contributed by atoms with Gasteiger partial charge in [-0.05, 0) is 12.1 Å². The largest absolute Gasteiger partial charge is 0.481 e. The highest BCUT2D eigenvalue weighted by atomic mass is 16.5. The predicted octanol–water partition coefficient (Wildman–Crippen LogP) is -0.118. The number of carbonyl (C=O) groups excluding carboxylic acids is 2. The van der Waals surface area contributed by atoms with Crippen molar-refractivity contribution in [1.29, 1.82) is 0 Å². The van der Waals surface area contributed by atoms with Gasteiger partial charge in [0.1, 0.15) is 17.2 Å². The van der Waals surface area contributed by atoms with E-state index in [1.807, 2.05) is 0 Å². The van der Waals surface area contributed by atoms with Gasteiger partial charge in [-0.1, -0.05) is 6.07 Å². The van der Waals surface area contributed by atoms with Crippen LogP contribution in [0.25, 0.3) is 0 Å². The molecule has 6 heteroatoms. The van der Waals surface area contributed by atoms with E-state index in [9.17, 15) is 9.59 Å². The van der Waals surface area contributed by atoms with Crippen LogP contribution in [0.3, 0.4) is 0 Å². The Labute approximate surface area is 91.3 Å². The second kappa shape index (κ2) is 4.09. The van der Waals surface area contributed by atoms with E-state index >= 15 is 0 Å². The Hall–Kier alpha value is -2.24. The summed E-state index contributed by atoms with van der Waals surface area (Å²) < 4.78 is 10.3. The molecule has 1 aromatic rings. The number of benzene rings is 1. The number of ether oxygens (including phenoxy) is 2. The number of hydrogen-bond donors (Lipinski definition) is 2. The second-order valence-corrected chi connectivity index (χ2v) is 3.22. The highest BCUT2D eigenvalue weighted by Gasteiger charge is 2.19. The zero-order valence-corrected chi connectivity index (χ0v) is 8.36. The Morgan fingerprint density at radius 1 is 1.56 bits per heavy atom. The average molecular weight is 222 g/mol. The van der Waals surface area contributed by atoms with Crippen molar-refractivity contribution < 1.29 is 19.1 Å². The lowest BCUT2D eigenvalue weighted by Crippen LogP contribution is -2.26. The molecule has 0 unspecified atom stereocenters. The molecule has 0 atom stereocenters. The third-order valence-corrected chi connectivity index (χ3v) is 1.98. The van der Waals surface area contributed by atoms with E-state index in [0.717, 1.165) is 0 Å². The Kier molecular flexibility index (Phi) is 2.63. The number of nitrogens with one attached hydrogen (secondary N) is 1. The number of fused-ring (bicyclic) bond motifs is 1. The Bertz CT molecular complexity index is 444. The van der Waals surface area contributed by atoms with E-state index in [2.05, 4.69) is 5.32 Å². The van der Waals surface area contributed by atoms with Crippen LogP contribution >= 0.6 is 0 Å². The molecule has 3 N–H and O–H groups in total. The molecule has 6 nitrogen and oxygen atoms in total. The zero-order chi connectivity index (χ0) is 11.5. The van der Waals surface area contributed by atoms with Crippen molar-refractivity contribution in [3.8, 4) is 11.5 Å². The van der Waals surface area contributed by atoms with E-state index < -0.39 is 5.91 Å². The summed E-state index contributed by atoms with van der Waals surface area (Å²) in [6.07, 6.45) is 0. The van der Waals surface area contributed by atoms with Gasteiger partial charge in [-0.3, -0.25) is 9.59 Å². The topological polar surface area (TPSA) is 90.7 Å². The molecule has 1 aromatic carbocycles. The number of para-hydroxylation sites is 1. The minimum absolute atomic E-state index is 0.0216. The van der Waals surface area contributed by atoms with Crippen LogP contribution in [0, 0.1) is 0 Å². The highest BCUT2D eigenvalue weighted by molar-refractivity contribution is 5.97. The number of hydrogen-bond acceptors (Lipinski definition) is 4. The molecule has 0 saturated carbocycles. The number of rotatable bonds is 3. The first kappa shape index (κ1) is 10.3. The SMILES string of the molecule is NC(=O)COc1cccc2c1NC(=O)CO2. The quantitative estimate of drug-likeness (QED) is 0.746. The van der Waals surface area contributed by atoms with Crippen molar-refractivity contribution in [3.05, 3.63) is 18.2 Å². The van der Waals surface area contributed by atoms with Crippen LogP contribution in [0.2, 0.25) is 0 Å². The maximum atomic E-state index is 11.1. The number of anilines is 1. The van der Waals surface area contributed by atoms with Gasteiger partial charge in [0.25, 0.3) is 11.8 Å². The van der Waals surface area contributed by atoms with Gasteiger partial charge in [-0.2, -0.15) is 0 Å². The Morgan fingerprint density at radius 2 is 2.38 bits per heavy atom. The highest BCUT2D eigenvalue weighted by Crippen LogP contribution is 2.36. The Morgan fingerprint density at radius 3 is 3.12 bits per heavy atom. The van der Waals surface area contributed by atoms with E-state index in [1.165, 1.54) is 0 Å². The lowest BCUT2D eigenvalue weighted by atomic mass is 10.2. The first-order valence-electron chi connectivity index (χ1n) is 4.63. The van der Waals surface area contributed by atoms with E-state index in [-0.39, 0.29) is 19.1 Å². The summed E-state index contributed by atoms with van der Waals surface area (Å²) in [5.41, 5.74) is 5.39. The van der Waals surface area contributed by atoms with Crippen molar-refractivity contribution in [3.63, 3.8) is 0 Å². The van der Waals surface area contributed by atoms with E-state index in [4.69, 9.17) is 15.2 Å². The molecule has 0 fully saturated rings. The molecule has 1 aliphatic rings. The molecule has 0 aliphatic carbocycles. The standard InChI is InChI=1S/C10H10N2O4/c11-8(13)4-15-6-2-1-3-7-10(6)12-9(14)5-16-7/h1-3H,4-5H2,(H2,11,13)(H,12,14). The normalized spacial score (nSPS) is 13.4. The lowest BCUT2D eigenvalue weighted by Gasteiger charge is -2.20. The van der Waals surface area contributed by atoms with Crippen molar-refractivity contribution in [1.82, 2.24) is 0 Å². The van der Waals surface area contributed by atoms with Crippen LogP contribution in [0.15, 0.2) is 18.2 Å². The number of nitrogens with two attached hydrogens (primary N) is 1. The molecule has 2 amide bonds. The summed E-state index contributed by atoms with van der Waals surface area (Å²) in [6.45, 7) is -0.265. The molecular weight excluding hydrogens is 212 g/mol. The number of carbonyl (C=O) groups is 2. The summed E-state index contributed by atoms with van der Waals surface area (Å²) in [6, 6.07) is 5.02. The van der Waals surface area contributed by atoms with Crippen LogP contribution in [0.5, 0.6) is 11.5 Å². The third-order valence-electron chi connectivity index (χ3n) is 1.98. The minimum Gasteiger partial charge on any atom is -0.481 e. The first-order chi connectivity index (χ1) is 7.66. The maximum Gasteiger partial charge on any atom is 0.262 e. The number of primary amides is 1. The van der Waals surface area contributed by atoms with Gasteiger partial charge in [0.15, 0.2) is 13.2 Å². The molecule has 16 heavy (non-hydrogen) atoms. The Balaban J connectivity index is 2.24. The summed E-state index contributed by atoms with van der Waals surface area (Å²) in [5.74, 6) is 0.0363. The van der Waals surface area contributed by atoms with Crippen LogP contribution in [-0.2, 0) is 9.59 Å². The van der Waals surface area contributed by atoms with E-state index in [0.29, 0.717) is 17.2 Å². The van der Waals surface area contributed by atoms with Crippen LogP contribution in [0.4, 0.5) is 5.69 Å². The molecule has 0 aromatic heterocycles. The van der Waals surface area contributed by atoms with Gasteiger partial charge in [-0.25, -0.2) is 0 Å². The van der Waals surface area contributed by atoms with Crippen LogP contribution < -0.4 is 20.5 Å². The van der Waals surface area contributed by atoms with Crippen molar-refractivity contribution in [2.75, 3.05) is 18.5 Å². The monoisotopic (exact) mass is 222 g/mol. The van der Waals surface area contributed by atoms with Crippen LogP contribution in [0.1, 0.15) is 0 Å². The average Bonchev–Trinajstić information content (AvgIpc) is 2.26. The first-order valence-corrected chi connectivity index (χ1v) is 4.63. The summed E-state index contributed by atoms with van der Waals surface area (Å²) in [5, 5.41) is 2.61.